The fourth-order valence-corrected chi connectivity index (χ4v) is 2.51. The zero-order chi connectivity index (χ0) is 14.7. The van der Waals surface area contributed by atoms with Gasteiger partial charge in [0.15, 0.2) is 0 Å². The Bertz CT molecular complexity index is 392. The molecule has 0 aliphatic carbocycles. The van der Waals surface area contributed by atoms with E-state index in [9.17, 15) is 0 Å². The standard InChI is InChI=1S/C14H28N4O/c1-8-15-10(2)11-17-18-12(19-11)16-14(6,7)9-13(3,4)5/h10,15H,8-9H2,1-7H3,(H,16,18). The van der Waals surface area contributed by atoms with Gasteiger partial charge in [-0.05, 0) is 39.2 Å². The van der Waals surface area contributed by atoms with Crippen molar-refractivity contribution in [3.63, 3.8) is 0 Å². The second-order valence-electron chi connectivity index (χ2n) is 6.97. The largest absolute Gasteiger partial charge is 0.406 e. The number of aromatic nitrogens is 2. The molecule has 19 heavy (non-hydrogen) atoms. The summed E-state index contributed by atoms with van der Waals surface area (Å²) >= 11 is 0. The molecule has 2 N–H and O–H groups in total. The Morgan fingerprint density at radius 3 is 2.32 bits per heavy atom. The first-order valence-corrected chi connectivity index (χ1v) is 6.98. The van der Waals surface area contributed by atoms with Gasteiger partial charge in [0.2, 0.25) is 5.89 Å². The molecule has 5 nitrogen and oxygen atoms in total. The van der Waals surface area contributed by atoms with Crippen LogP contribution >= 0.6 is 0 Å². The summed E-state index contributed by atoms with van der Waals surface area (Å²) in [7, 11) is 0. The summed E-state index contributed by atoms with van der Waals surface area (Å²) in [5.41, 5.74) is 0.167. The summed E-state index contributed by atoms with van der Waals surface area (Å²) in [6, 6.07) is 0.577. The lowest BCUT2D eigenvalue weighted by Gasteiger charge is -2.32. The van der Waals surface area contributed by atoms with Crippen LogP contribution in [0.5, 0.6) is 0 Å². The van der Waals surface area contributed by atoms with E-state index in [1.54, 1.807) is 0 Å². The van der Waals surface area contributed by atoms with Crippen molar-refractivity contribution in [1.82, 2.24) is 15.5 Å². The maximum absolute atomic E-state index is 5.65. The van der Waals surface area contributed by atoms with Crippen molar-refractivity contribution in [3.05, 3.63) is 5.89 Å². The average molecular weight is 268 g/mol. The number of anilines is 1. The summed E-state index contributed by atoms with van der Waals surface area (Å²) < 4.78 is 5.65. The van der Waals surface area contributed by atoms with E-state index < -0.39 is 0 Å². The normalized spacial score (nSPS) is 14.5. The third-order valence-corrected chi connectivity index (χ3v) is 2.74. The Balaban J connectivity index is 2.67. The van der Waals surface area contributed by atoms with Gasteiger partial charge in [0.25, 0.3) is 0 Å². The molecule has 1 rings (SSSR count). The van der Waals surface area contributed by atoms with Crippen LogP contribution < -0.4 is 10.6 Å². The summed E-state index contributed by atoms with van der Waals surface area (Å²) in [5, 5.41) is 14.7. The molecule has 0 fully saturated rings. The van der Waals surface area contributed by atoms with Crippen molar-refractivity contribution < 1.29 is 4.42 Å². The van der Waals surface area contributed by atoms with Crippen LogP contribution in [0.2, 0.25) is 0 Å². The maximum Gasteiger partial charge on any atom is 0.315 e. The molecule has 110 valence electrons. The Kier molecular flexibility index (Phi) is 4.96. The molecule has 1 atom stereocenters. The minimum Gasteiger partial charge on any atom is -0.406 e. The first-order chi connectivity index (χ1) is 8.63. The van der Waals surface area contributed by atoms with Crippen LogP contribution in [0.3, 0.4) is 0 Å². The van der Waals surface area contributed by atoms with E-state index in [1.165, 1.54) is 0 Å². The highest BCUT2D eigenvalue weighted by Gasteiger charge is 2.27. The molecule has 0 aliphatic rings. The molecular weight excluding hydrogens is 240 g/mol. The summed E-state index contributed by atoms with van der Waals surface area (Å²) in [6.45, 7) is 15.9. The second-order valence-corrected chi connectivity index (χ2v) is 6.97. The lowest BCUT2D eigenvalue weighted by molar-refractivity contribution is 0.297. The highest BCUT2D eigenvalue weighted by molar-refractivity contribution is 5.23. The second kappa shape index (κ2) is 5.90. The van der Waals surface area contributed by atoms with E-state index in [1.807, 2.05) is 6.92 Å². The van der Waals surface area contributed by atoms with E-state index in [2.05, 4.69) is 62.4 Å². The van der Waals surface area contributed by atoms with E-state index >= 15 is 0 Å². The molecule has 0 aromatic carbocycles. The third-order valence-electron chi connectivity index (χ3n) is 2.74. The van der Waals surface area contributed by atoms with Crippen LogP contribution in [0, 0.1) is 5.41 Å². The first kappa shape index (κ1) is 16.0. The van der Waals surface area contributed by atoms with Crippen molar-refractivity contribution in [2.24, 2.45) is 5.41 Å². The van der Waals surface area contributed by atoms with Gasteiger partial charge in [0, 0.05) is 5.54 Å². The Morgan fingerprint density at radius 2 is 1.79 bits per heavy atom. The van der Waals surface area contributed by atoms with Crippen molar-refractivity contribution in [3.8, 4) is 0 Å². The van der Waals surface area contributed by atoms with E-state index in [4.69, 9.17) is 4.42 Å². The van der Waals surface area contributed by atoms with Crippen LogP contribution in [0.25, 0.3) is 0 Å². The van der Waals surface area contributed by atoms with Gasteiger partial charge in [0.05, 0.1) is 6.04 Å². The summed E-state index contributed by atoms with van der Waals surface area (Å²) in [4.78, 5) is 0. The molecule has 0 saturated carbocycles. The molecule has 5 heteroatoms. The van der Waals surface area contributed by atoms with E-state index in [-0.39, 0.29) is 17.0 Å². The third kappa shape index (κ3) is 5.59. The molecular formula is C14H28N4O. The average Bonchev–Trinajstić information content (AvgIpc) is 2.61. The van der Waals surface area contributed by atoms with E-state index in [0.29, 0.717) is 11.9 Å². The molecule has 1 unspecified atom stereocenters. The van der Waals surface area contributed by atoms with Crippen LogP contribution in [0.4, 0.5) is 6.01 Å². The minimum absolute atomic E-state index is 0.0799. The first-order valence-electron chi connectivity index (χ1n) is 6.98. The Morgan fingerprint density at radius 1 is 1.16 bits per heavy atom. The fourth-order valence-electron chi connectivity index (χ4n) is 2.51. The highest BCUT2D eigenvalue weighted by Crippen LogP contribution is 2.29. The predicted octanol–water partition coefficient (Wildman–Crippen LogP) is 3.37. The lowest BCUT2D eigenvalue weighted by atomic mass is 9.82. The monoisotopic (exact) mass is 268 g/mol. The smallest absolute Gasteiger partial charge is 0.315 e. The molecule has 0 bridgehead atoms. The predicted molar refractivity (Wildman–Crippen MR) is 78.2 cm³/mol. The van der Waals surface area contributed by atoms with E-state index in [0.717, 1.165) is 13.0 Å². The molecule has 0 amide bonds. The van der Waals surface area contributed by atoms with Gasteiger partial charge in [-0.15, -0.1) is 5.10 Å². The topological polar surface area (TPSA) is 63.0 Å². The van der Waals surface area contributed by atoms with Gasteiger partial charge < -0.3 is 15.1 Å². The van der Waals surface area contributed by atoms with Crippen molar-refractivity contribution in [2.45, 2.75) is 66.5 Å². The Hall–Kier alpha value is -1.10. The zero-order valence-corrected chi connectivity index (χ0v) is 13.3. The quantitative estimate of drug-likeness (QED) is 0.828. The SMILES string of the molecule is CCNC(C)c1nnc(NC(C)(C)CC(C)(C)C)o1. The lowest BCUT2D eigenvalue weighted by Crippen LogP contribution is -2.35. The van der Waals surface area contributed by atoms with Gasteiger partial charge in [-0.25, -0.2) is 0 Å². The van der Waals surface area contributed by atoms with Gasteiger partial charge in [-0.3, -0.25) is 0 Å². The molecule has 0 saturated heterocycles. The number of nitrogens with zero attached hydrogens (tertiary/aromatic N) is 2. The van der Waals surface area contributed by atoms with Crippen LogP contribution in [-0.4, -0.2) is 22.3 Å². The van der Waals surface area contributed by atoms with Gasteiger partial charge in [0.1, 0.15) is 0 Å². The number of rotatable bonds is 6. The fraction of sp³-hybridized carbons (Fsp3) is 0.857. The maximum atomic E-state index is 5.65. The van der Waals surface area contributed by atoms with Crippen molar-refractivity contribution in [2.75, 3.05) is 11.9 Å². The molecule has 1 aromatic rings. The van der Waals surface area contributed by atoms with Gasteiger partial charge >= 0.3 is 6.01 Å². The van der Waals surface area contributed by atoms with Gasteiger partial charge in [-0.2, -0.15) is 0 Å². The Labute approximate surface area is 116 Å². The molecule has 0 spiro atoms. The van der Waals surface area contributed by atoms with Crippen molar-refractivity contribution >= 4 is 6.01 Å². The number of nitrogens with one attached hydrogen (secondary N) is 2. The summed E-state index contributed by atoms with van der Waals surface area (Å²) in [6.07, 6.45) is 1.01. The van der Waals surface area contributed by atoms with Crippen LogP contribution in [0.15, 0.2) is 4.42 Å². The van der Waals surface area contributed by atoms with Crippen LogP contribution in [0.1, 0.15) is 66.8 Å². The number of hydrogen-bond donors (Lipinski definition) is 2. The molecule has 0 aliphatic heterocycles. The summed E-state index contributed by atoms with van der Waals surface area (Å²) in [5.74, 6) is 0.621. The molecule has 1 aromatic heterocycles. The number of hydrogen-bond acceptors (Lipinski definition) is 5. The molecule has 0 radical (unpaired) electrons. The minimum atomic E-state index is -0.0799. The van der Waals surface area contributed by atoms with Crippen molar-refractivity contribution in [1.29, 1.82) is 0 Å². The van der Waals surface area contributed by atoms with Crippen LogP contribution in [-0.2, 0) is 0 Å². The molecule has 1 heterocycles. The highest BCUT2D eigenvalue weighted by atomic mass is 16.4. The zero-order valence-electron chi connectivity index (χ0n) is 13.3. The van der Waals surface area contributed by atoms with Gasteiger partial charge in [-0.1, -0.05) is 32.8 Å².